The van der Waals surface area contributed by atoms with E-state index in [1.807, 2.05) is 11.6 Å². The Balaban J connectivity index is 2.36. The monoisotopic (exact) mass is 239 g/mol. The van der Waals surface area contributed by atoms with E-state index in [0.717, 1.165) is 25.3 Å². The van der Waals surface area contributed by atoms with Gasteiger partial charge in [0.2, 0.25) is 0 Å². The molecule has 0 aromatic carbocycles. The summed E-state index contributed by atoms with van der Waals surface area (Å²) in [5, 5.41) is 3.34. The first-order valence-electron chi connectivity index (χ1n) is 5.56. The number of thiazole rings is 1. The molecule has 1 aromatic heterocycles. The Morgan fingerprint density at radius 3 is 3.00 bits per heavy atom. The first kappa shape index (κ1) is 13.4. The maximum absolute atomic E-state index is 4.27. The molecule has 90 valence electrons. The molecule has 4 heteroatoms. The highest BCUT2D eigenvalue weighted by atomic mass is 32.1. The second kappa shape index (κ2) is 6.78. The quantitative estimate of drug-likeness (QED) is 0.583. The molecule has 0 spiro atoms. The molecule has 0 saturated heterocycles. The van der Waals surface area contributed by atoms with E-state index in [-0.39, 0.29) is 0 Å². The van der Waals surface area contributed by atoms with Crippen molar-refractivity contribution >= 4 is 11.3 Å². The maximum atomic E-state index is 4.27. The van der Waals surface area contributed by atoms with Gasteiger partial charge in [0.15, 0.2) is 0 Å². The van der Waals surface area contributed by atoms with Gasteiger partial charge in [0.05, 0.1) is 11.2 Å². The predicted molar refractivity (Wildman–Crippen MR) is 70.8 cm³/mol. The van der Waals surface area contributed by atoms with Crippen molar-refractivity contribution in [1.82, 2.24) is 15.2 Å². The summed E-state index contributed by atoms with van der Waals surface area (Å²) < 4.78 is 0. The zero-order valence-corrected chi connectivity index (χ0v) is 11.2. The number of hydrogen-bond acceptors (Lipinski definition) is 4. The number of likely N-dealkylation sites (N-methyl/N-ethyl adjacent to an activating group) is 1. The van der Waals surface area contributed by atoms with Crippen molar-refractivity contribution in [2.24, 2.45) is 0 Å². The lowest BCUT2D eigenvalue weighted by Crippen LogP contribution is -2.37. The van der Waals surface area contributed by atoms with E-state index >= 15 is 0 Å². The molecule has 0 fully saturated rings. The number of aromatic nitrogens is 1. The summed E-state index contributed by atoms with van der Waals surface area (Å²) in [5.74, 6) is 0. The van der Waals surface area contributed by atoms with Crippen LogP contribution < -0.4 is 5.32 Å². The van der Waals surface area contributed by atoms with Gasteiger partial charge in [-0.2, -0.15) is 0 Å². The highest BCUT2D eigenvalue weighted by Crippen LogP contribution is 2.15. The van der Waals surface area contributed by atoms with Crippen LogP contribution in [0.5, 0.6) is 0 Å². The van der Waals surface area contributed by atoms with Crippen molar-refractivity contribution < 1.29 is 0 Å². The van der Waals surface area contributed by atoms with Crippen LogP contribution in [0.15, 0.2) is 18.2 Å². The molecule has 0 aliphatic carbocycles. The van der Waals surface area contributed by atoms with Crippen LogP contribution in [0, 0.1) is 6.92 Å². The Kier molecular flexibility index (Phi) is 5.66. The molecule has 0 aliphatic rings. The van der Waals surface area contributed by atoms with Crippen LogP contribution in [0.3, 0.4) is 0 Å². The molecule has 0 saturated carbocycles. The maximum Gasteiger partial charge on any atom is 0.0798 e. The normalized spacial score (nSPS) is 13.0. The van der Waals surface area contributed by atoms with Gasteiger partial charge in [0, 0.05) is 30.6 Å². The summed E-state index contributed by atoms with van der Waals surface area (Å²) in [7, 11) is 2.15. The largest absolute Gasteiger partial charge is 0.312 e. The van der Waals surface area contributed by atoms with E-state index in [4.69, 9.17) is 0 Å². The summed E-state index contributed by atoms with van der Waals surface area (Å²) in [5.41, 5.74) is 3.07. The van der Waals surface area contributed by atoms with Gasteiger partial charge in [-0.25, -0.2) is 4.98 Å². The Morgan fingerprint density at radius 2 is 2.44 bits per heavy atom. The van der Waals surface area contributed by atoms with Gasteiger partial charge in [-0.1, -0.05) is 6.08 Å². The fourth-order valence-electron chi connectivity index (χ4n) is 1.41. The Labute approximate surface area is 102 Å². The fourth-order valence-corrected chi connectivity index (χ4v) is 2.25. The second-order valence-electron chi connectivity index (χ2n) is 4.07. The molecule has 1 rings (SSSR count). The molecule has 0 radical (unpaired) electrons. The molecular formula is C12H21N3S. The molecule has 1 atom stereocenters. The van der Waals surface area contributed by atoms with E-state index in [1.54, 1.807) is 11.3 Å². The van der Waals surface area contributed by atoms with Crippen molar-refractivity contribution in [3.63, 3.8) is 0 Å². The predicted octanol–water partition coefficient (Wildman–Crippen LogP) is 2.05. The smallest absolute Gasteiger partial charge is 0.0798 e. The van der Waals surface area contributed by atoms with Crippen LogP contribution >= 0.6 is 11.3 Å². The van der Waals surface area contributed by atoms with Gasteiger partial charge in [0.1, 0.15) is 0 Å². The topological polar surface area (TPSA) is 28.2 Å². The lowest BCUT2D eigenvalue weighted by Gasteiger charge is -2.24. The van der Waals surface area contributed by atoms with E-state index in [0.29, 0.717) is 6.04 Å². The fraction of sp³-hybridized carbons (Fsp3) is 0.583. The Hall–Kier alpha value is -0.710. The van der Waals surface area contributed by atoms with Gasteiger partial charge in [-0.3, -0.25) is 4.90 Å². The summed E-state index contributed by atoms with van der Waals surface area (Å²) >= 11 is 1.73. The number of nitrogens with zero attached hydrogens (tertiary/aromatic N) is 2. The van der Waals surface area contributed by atoms with Crippen molar-refractivity contribution in [1.29, 1.82) is 0 Å². The van der Waals surface area contributed by atoms with E-state index < -0.39 is 0 Å². The average molecular weight is 239 g/mol. The number of rotatable bonds is 7. The Bertz CT molecular complexity index is 322. The van der Waals surface area contributed by atoms with Gasteiger partial charge in [-0.05, 0) is 20.9 Å². The second-order valence-corrected chi connectivity index (χ2v) is 5.01. The molecule has 0 aliphatic heterocycles. The van der Waals surface area contributed by atoms with Crippen molar-refractivity contribution in [2.75, 3.05) is 20.1 Å². The van der Waals surface area contributed by atoms with Crippen LogP contribution in [0.4, 0.5) is 0 Å². The molecule has 1 N–H and O–H groups in total. The lowest BCUT2D eigenvalue weighted by atomic mass is 10.2. The van der Waals surface area contributed by atoms with Crippen LogP contribution in [0.1, 0.15) is 17.5 Å². The average Bonchev–Trinajstić information content (AvgIpc) is 2.64. The van der Waals surface area contributed by atoms with Gasteiger partial charge >= 0.3 is 0 Å². The summed E-state index contributed by atoms with van der Waals surface area (Å²) in [6.07, 6.45) is 1.89. The third-order valence-electron chi connectivity index (χ3n) is 2.72. The van der Waals surface area contributed by atoms with Crippen LogP contribution in [-0.4, -0.2) is 36.1 Å². The summed E-state index contributed by atoms with van der Waals surface area (Å²) in [4.78, 5) is 7.97. The minimum atomic E-state index is 0.515. The van der Waals surface area contributed by atoms with E-state index in [9.17, 15) is 0 Å². The molecule has 3 nitrogen and oxygen atoms in total. The number of nitrogens with one attached hydrogen (secondary N) is 1. The SMILES string of the molecule is C=CCNCC(C)N(C)Cc1scnc1C. The van der Waals surface area contributed by atoms with Gasteiger partial charge in [0.25, 0.3) is 0 Å². The molecule has 1 unspecified atom stereocenters. The molecule has 0 amide bonds. The molecule has 1 heterocycles. The highest BCUT2D eigenvalue weighted by molar-refractivity contribution is 7.09. The lowest BCUT2D eigenvalue weighted by molar-refractivity contribution is 0.246. The van der Waals surface area contributed by atoms with Crippen molar-refractivity contribution in [2.45, 2.75) is 26.4 Å². The number of aryl methyl sites for hydroxylation is 1. The van der Waals surface area contributed by atoms with Crippen LogP contribution in [0.25, 0.3) is 0 Å². The third-order valence-corrected chi connectivity index (χ3v) is 3.64. The van der Waals surface area contributed by atoms with E-state index in [1.165, 1.54) is 4.88 Å². The van der Waals surface area contributed by atoms with Crippen LogP contribution in [0.2, 0.25) is 0 Å². The van der Waals surface area contributed by atoms with Crippen molar-refractivity contribution in [3.05, 3.63) is 28.7 Å². The van der Waals surface area contributed by atoms with Gasteiger partial charge in [-0.15, -0.1) is 17.9 Å². The minimum absolute atomic E-state index is 0.515. The standard InChI is InChI=1S/C12H21N3S/c1-5-6-13-7-10(2)15(4)8-12-11(3)14-9-16-12/h5,9-10,13H,1,6-8H2,2-4H3. The van der Waals surface area contributed by atoms with E-state index in [2.05, 4.69) is 42.7 Å². The molecule has 16 heavy (non-hydrogen) atoms. The minimum Gasteiger partial charge on any atom is -0.312 e. The van der Waals surface area contributed by atoms with Gasteiger partial charge < -0.3 is 5.32 Å². The van der Waals surface area contributed by atoms with Crippen molar-refractivity contribution in [3.8, 4) is 0 Å². The molecule has 0 bridgehead atoms. The van der Waals surface area contributed by atoms with Crippen LogP contribution in [-0.2, 0) is 6.54 Å². The first-order chi connectivity index (χ1) is 7.65. The summed E-state index contributed by atoms with van der Waals surface area (Å²) in [6, 6.07) is 0.515. The highest BCUT2D eigenvalue weighted by Gasteiger charge is 2.11. The zero-order chi connectivity index (χ0) is 12.0. The Morgan fingerprint density at radius 1 is 1.69 bits per heavy atom. The zero-order valence-electron chi connectivity index (χ0n) is 10.4. The molecular weight excluding hydrogens is 218 g/mol. The molecule has 1 aromatic rings. The number of hydrogen-bond donors (Lipinski definition) is 1. The summed E-state index contributed by atoms with van der Waals surface area (Å²) in [6.45, 7) is 10.8. The first-order valence-corrected chi connectivity index (χ1v) is 6.44. The third kappa shape index (κ3) is 4.04.